The molecule has 100 valence electrons. The van der Waals surface area contributed by atoms with Gasteiger partial charge in [-0.2, -0.15) is 0 Å². The van der Waals surface area contributed by atoms with Gasteiger partial charge in [0.1, 0.15) is 5.82 Å². The van der Waals surface area contributed by atoms with E-state index in [2.05, 4.69) is 15.9 Å². The van der Waals surface area contributed by atoms with E-state index in [1.165, 1.54) is 18.2 Å². The predicted molar refractivity (Wildman–Crippen MR) is 73.1 cm³/mol. The van der Waals surface area contributed by atoms with E-state index >= 15 is 0 Å². The Morgan fingerprint density at radius 1 is 0.947 bits per heavy atom. The van der Waals surface area contributed by atoms with Crippen molar-refractivity contribution in [2.24, 2.45) is 0 Å². The molecule has 0 saturated carbocycles. The van der Waals surface area contributed by atoms with Gasteiger partial charge in [-0.25, -0.2) is 13.2 Å². The first-order valence-electron chi connectivity index (χ1n) is 5.50. The highest BCUT2D eigenvalue weighted by Crippen LogP contribution is 2.29. The van der Waals surface area contributed by atoms with Crippen molar-refractivity contribution >= 4 is 27.5 Å². The Morgan fingerprint density at radius 2 is 1.68 bits per heavy atom. The molecule has 0 saturated heterocycles. The Morgan fingerprint density at radius 3 is 2.32 bits per heavy atom. The summed E-state index contributed by atoms with van der Waals surface area (Å²) in [5.41, 5.74) is 1.31. The zero-order chi connectivity index (χ0) is 14.0. The molecule has 2 rings (SSSR count). The lowest BCUT2D eigenvalue weighted by atomic mass is 10.0. The third-order valence-corrected chi connectivity index (χ3v) is 3.86. The zero-order valence-electron chi connectivity index (χ0n) is 9.64. The molecule has 0 aliphatic carbocycles. The largest absolute Gasteiger partial charge is 0.205 e. The average molecular weight is 350 g/mol. The molecular formula is C14H9BrClF3. The van der Waals surface area contributed by atoms with Gasteiger partial charge < -0.3 is 0 Å². The summed E-state index contributed by atoms with van der Waals surface area (Å²) >= 11 is 9.00. The molecule has 0 aliphatic heterocycles. The van der Waals surface area contributed by atoms with Gasteiger partial charge >= 0.3 is 0 Å². The van der Waals surface area contributed by atoms with Crippen molar-refractivity contribution in [2.45, 2.75) is 11.2 Å². The second kappa shape index (κ2) is 5.97. The van der Waals surface area contributed by atoms with Crippen LogP contribution < -0.4 is 0 Å². The molecule has 0 aromatic heterocycles. The predicted octanol–water partition coefficient (Wildman–Crippen LogP) is 5.44. The lowest BCUT2D eigenvalue weighted by molar-refractivity contribution is 0.507. The van der Waals surface area contributed by atoms with E-state index in [9.17, 15) is 13.2 Å². The van der Waals surface area contributed by atoms with Gasteiger partial charge in [0.25, 0.3) is 0 Å². The first-order chi connectivity index (χ1) is 8.97. The third-order valence-electron chi connectivity index (χ3n) is 2.70. The van der Waals surface area contributed by atoms with Gasteiger partial charge in [0.05, 0.1) is 5.02 Å². The van der Waals surface area contributed by atoms with E-state index in [4.69, 9.17) is 11.6 Å². The van der Waals surface area contributed by atoms with Crippen molar-refractivity contribution in [1.29, 1.82) is 0 Å². The van der Waals surface area contributed by atoms with Crippen LogP contribution >= 0.6 is 27.5 Å². The average Bonchev–Trinajstić information content (AvgIpc) is 2.37. The Labute approximate surface area is 122 Å². The Bertz CT molecular complexity index is 601. The van der Waals surface area contributed by atoms with Gasteiger partial charge in [0, 0.05) is 4.83 Å². The maximum absolute atomic E-state index is 13.3. The molecule has 0 spiro atoms. The summed E-state index contributed by atoms with van der Waals surface area (Å²) in [5.74, 6) is -2.28. The lowest BCUT2D eigenvalue weighted by Crippen LogP contribution is -1.98. The Hall–Kier alpha value is -1.00. The fourth-order valence-corrected chi connectivity index (χ4v) is 2.47. The van der Waals surface area contributed by atoms with E-state index < -0.39 is 17.5 Å². The summed E-state index contributed by atoms with van der Waals surface area (Å²) in [7, 11) is 0. The molecule has 1 unspecified atom stereocenters. The molecule has 0 amide bonds. The van der Waals surface area contributed by atoms with Crippen molar-refractivity contribution in [2.75, 3.05) is 0 Å². The highest BCUT2D eigenvalue weighted by atomic mass is 79.9. The zero-order valence-corrected chi connectivity index (χ0v) is 12.0. The minimum atomic E-state index is -0.889. The first-order valence-corrected chi connectivity index (χ1v) is 6.79. The summed E-state index contributed by atoms with van der Waals surface area (Å²) in [4.78, 5) is -0.205. The van der Waals surface area contributed by atoms with Crippen LogP contribution in [-0.2, 0) is 6.42 Å². The summed E-state index contributed by atoms with van der Waals surface area (Å²) in [6.45, 7) is 0. The van der Waals surface area contributed by atoms with Gasteiger partial charge in [-0.1, -0.05) is 39.7 Å². The molecule has 2 aromatic rings. The topological polar surface area (TPSA) is 0 Å². The Balaban J connectivity index is 2.17. The summed E-state index contributed by atoms with van der Waals surface area (Å²) in [5, 5.41) is 0.0521. The number of hydrogen-bond acceptors (Lipinski definition) is 0. The van der Waals surface area contributed by atoms with E-state index in [0.29, 0.717) is 17.5 Å². The Kier molecular flexibility index (Phi) is 4.53. The molecule has 5 heteroatoms. The van der Waals surface area contributed by atoms with Gasteiger partial charge in [0.15, 0.2) is 11.6 Å². The van der Waals surface area contributed by atoms with Gasteiger partial charge in [-0.15, -0.1) is 0 Å². The molecule has 2 aromatic carbocycles. The monoisotopic (exact) mass is 348 g/mol. The van der Waals surface area contributed by atoms with Crippen LogP contribution in [0.15, 0.2) is 36.4 Å². The van der Waals surface area contributed by atoms with Crippen molar-refractivity contribution < 1.29 is 13.2 Å². The van der Waals surface area contributed by atoms with Crippen LogP contribution in [0.3, 0.4) is 0 Å². The second-order valence-electron chi connectivity index (χ2n) is 4.09. The van der Waals surface area contributed by atoms with E-state index in [-0.39, 0.29) is 9.85 Å². The normalized spacial score (nSPS) is 12.5. The fraction of sp³-hybridized carbons (Fsp3) is 0.143. The van der Waals surface area contributed by atoms with Crippen LogP contribution in [0, 0.1) is 17.5 Å². The third kappa shape index (κ3) is 3.51. The molecule has 0 nitrogen and oxygen atoms in total. The minimum Gasteiger partial charge on any atom is -0.205 e. The first kappa shape index (κ1) is 14.4. The molecule has 0 heterocycles. The second-order valence-corrected chi connectivity index (χ2v) is 5.61. The molecule has 0 aliphatic rings. The van der Waals surface area contributed by atoms with Gasteiger partial charge in [-0.3, -0.25) is 0 Å². The van der Waals surface area contributed by atoms with Crippen molar-refractivity contribution in [3.05, 3.63) is 70.0 Å². The molecular weight excluding hydrogens is 341 g/mol. The van der Waals surface area contributed by atoms with Gasteiger partial charge in [0.2, 0.25) is 0 Å². The van der Waals surface area contributed by atoms with Crippen LogP contribution in [0.1, 0.15) is 16.0 Å². The fourth-order valence-electron chi connectivity index (χ4n) is 1.70. The van der Waals surface area contributed by atoms with Crippen LogP contribution in [0.2, 0.25) is 5.02 Å². The highest BCUT2D eigenvalue weighted by molar-refractivity contribution is 9.09. The quantitative estimate of drug-likeness (QED) is 0.648. The number of benzene rings is 2. The number of alkyl halides is 1. The SMILES string of the molecule is Fc1ccc(CC(Br)c2ccc(Cl)c(F)c2)cc1F. The smallest absolute Gasteiger partial charge is 0.159 e. The van der Waals surface area contributed by atoms with Crippen molar-refractivity contribution in [1.82, 2.24) is 0 Å². The summed E-state index contributed by atoms with van der Waals surface area (Å²) in [6.07, 6.45) is 0.415. The van der Waals surface area contributed by atoms with E-state index in [0.717, 1.165) is 12.1 Å². The summed E-state index contributed by atoms with van der Waals surface area (Å²) in [6, 6.07) is 8.18. The molecule has 19 heavy (non-hydrogen) atoms. The van der Waals surface area contributed by atoms with Crippen LogP contribution in [0.5, 0.6) is 0 Å². The molecule has 1 atom stereocenters. The maximum Gasteiger partial charge on any atom is 0.159 e. The number of rotatable bonds is 3. The van der Waals surface area contributed by atoms with Crippen LogP contribution in [0.25, 0.3) is 0 Å². The standard InChI is InChI=1S/C14H9BrClF3/c15-10(9-2-3-11(16)13(18)7-9)5-8-1-4-12(17)14(19)6-8/h1-4,6-7,10H,5H2. The van der Waals surface area contributed by atoms with Crippen molar-refractivity contribution in [3.8, 4) is 0 Å². The van der Waals surface area contributed by atoms with Crippen LogP contribution in [-0.4, -0.2) is 0 Å². The molecule has 0 fully saturated rings. The van der Waals surface area contributed by atoms with Gasteiger partial charge in [-0.05, 0) is 41.8 Å². The lowest BCUT2D eigenvalue weighted by Gasteiger charge is -2.11. The number of hydrogen-bond donors (Lipinski definition) is 0. The van der Waals surface area contributed by atoms with Crippen molar-refractivity contribution in [3.63, 3.8) is 0 Å². The minimum absolute atomic E-state index is 0.0521. The molecule has 0 bridgehead atoms. The van der Waals surface area contributed by atoms with Crippen LogP contribution in [0.4, 0.5) is 13.2 Å². The van der Waals surface area contributed by atoms with E-state index in [1.54, 1.807) is 6.07 Å². The number of halogens is 5. The summed E-state index contributed by atoms with van der Waals surface area (Å²) < 4.78 is 39.2. The molecule has 0 radical (unpaired) electrons. The molecule has 0 N–H and O–H groups in total. The maximum atomic E-state index is 13.3. The van der Waals surface area contributed by atoms with E-state index in [1.807, 2.05) is 0 Å². The highest BCUT2D eigenvalue weighted by Gasteiger charge is 2.12.